The molecule has 0 amide bonds. The summed E-state index contributed by atoms with van der Waals surface area (Å²) in [5.41, 5.74) is 10.3. The highest BCUT2D eigenvalue weighted by Gasteiger charge is 2.01. The number of thiocarbonyl (C=S) groups is 1. The van der Waals surface area contributed by atoms with E-state index in [9.17, 15) is 0 Å². The van der Waals surface area contributed by atoms with Crippen molar-refractivity contribution in [3.8, 4) is 12.3 Å². The molecule has 0 atom stereocenters. The Morgan fingerprint density at radius 3 is 2.68 bits per heavy atom. The predicted molar refractivity (Wildman–Crippen MR) is 87.6 cm³/mol. The SMILES string of the molecule is C#C/C=C(\C=C=CC/C(N)=C/C)C(=S)NCC(C)C. The second-order valence-electron chi connectivity index (χ2n) is 4.45. The first kappa shape index (κ1) is 17.2. The minimum absolute atomic E-state index is 0.527. The smallest absolute Gasteiger partial charge is 0.107 e. The molecule has 0 fully saturated rings. The van der Waals surface area contributed by atoms with Crippen molar-refractivity contribution in [3.05, 3.63) is 41.3 Å². The average molecular weight is 274 g/mol. The monoisotopic (exact) mass is 274 g/mol. The van der Waals surface area contributed by atoms with Gasteiger partial charge in [-0.05, 0) is 31.1 Å². The number of hydrogen-bond acceptors (Lipinski definition) is 2. The lowest BCUT2D eigenvalue weighted by molar-refractivity contribution is 0.628. The number of terminal acetylenes is 1. The van der Waals surface area contributed by atoms with Crippen LogP contribution < -0.4 is 11.1 Å². The summed E-state index contributed by atoms with van der Waals surface area (Å²) in [5, 5.41) is 3.17. The van der Waals surface area contributed by atoms with Gasteiger partial charge in [-0.3, -0.25) is 0 Å². The van der Waals surface area contributed by atoms with Crippen molar-refractivity contribution in [2.24, 2.45) is 11.7 Å². The van der Waals surface area contributed by atoms with Gasteiger partial charge < -0.3 is 11.1 Å². The molecule has 0 saturated carbocycles. The summed E-state index contributed by atoms with van der Waals surface area (Å²) in [4.78, 5) is 0.645. The van der Waals surface area contributed by atoms with Gasteiger partial charge in [0.15, 0.2) is 0 Å². The van der Waals surface area contributed by atoms with Crippen LogP contribution in [0.4, 0.5) is 0 Å². The molecule has 0 bridgehead atoms. The van der Waals surface area contributed by atoms with Crippen LogP contribution in [0.25, 0.3) is 0 Å². The summed E-state index contributed by atoms with van der Waals surface area (Å²) < 4.78 is 0. The van der Waals surface area contributed by atoms with E-state index in [-0.39, 0.29) is 0 Å². The van der Waals surface area contributed by atoms with Crippen LogP contribution in [0, 0.1) is 18.3 Å². The summed E-state index contributed by atoms with van der Waals surface area (Å²) in [5.74, 6) is 3.01. The van der Waals surface area contributed by atoms with Crippen LogP contribution in [-0.4, -0.2) is 11.5 Å². The molecule has 0 aromatic heterocycles. The normalized spacial score (nSPS) is 11.5. The number of allylic oxidation sites excluding steroid dienone is 3. The zero-order chi connectivity index (χ0) is 14.7. The van der Waals surface area contributed by atoms with Crippen molar-refractivity contribution < 1.29 is 0 Å². The number of nitrogens with one attached hydrogen (secondary N) is 1. The Morgan fingerprint density at radius 2 is 2.16 bits per heavy atom. The first-order valence-electron chi connectivity index (χ1n) is 6.27. The molecule has 0 radical (unpaired) electrons. The largest absolute Gasteiger partial charge is 0.402 e. The van der Waals surface area contributed by atoms with Crippen molar-refractivity contribution in [2.45, 2.75) is 27.2 Å². The summed E-state index contributed by atoms with van der Waals surface area (Å²) >= 11 is 5.29. The predicted octanol–water partition coefficient (Wildman–Crippen LogP) is 3.08. The van der Waals surface area contributed by atoms with Crippen LogP contribution in [0.15, 0.2) is 41.3 Å². The molecular formula is C16H22N2S. The van der Waals surface area contributed by atoms with Gasteiger partial charge in [0, 0.05) is 24.2 Å². The van der Waals surface area contributed by atoms with Crippen molar-refractivity contribution in [1.29, 1.82) is 0 Å². The van der Waals surface area contributed by atoms with E-state index in [2.05, 4.69) is 30.8 Å². The molecule has 0 unspecified atom stereocenters. The van der Waals surface area contributed by atoms with Crippen LogP contribution >= 0.6 is 12.2 Å². The first-order valence-corrected chi connectivity index (χ1v) is 6.68. The fourth-order valence-electron chi connectivity index (χ4n) is 1.10. The maximum atomic E-state index is 5.68. The van der Waals surface area contributed by atoms with E-state index in [0.717, 1.165) is 17.8 Å². The van der Waals surface area contributed by atoms with Gasteiger partial charge in [-0.2, -0.15) is 0 Å². The molecule has 0 heterocycles. The zero-order valence-corrected chi connectivity index (χ0v) is 12.7. The van der Waals surface area contributed by atoms with Gasteiger partial charge in [-0.25, -0.2) is 0 Å². The molecule has 0 aliphatic heterocycles. The van der Waals surface area contributed by atoms with Crippen LogP contribution in [0.5, 0.6) is 0 Å². The van der Waals surface area contributed by atoms with E-state index in [1.54, 1.807) is 12.2 Å². The maximum Gasteiger partial charge on any atom is 0.107 e. The fourth-order valence-corrected chi connectivity index (χ4v) is 1.31. The van der Waals surface area contributed by atoms with E-state index in [1.807, 2.05) is 19.1 Å². The molecule has 19 heavy (non-hydrogen) atoms. The van der Waals surface area contributed by atoms with E-state index in [1.165, 1.54) is 0 Å². The molecule has 0 rings (SSSR count). The highest BCUT2D eigenvalue weighted by Crippen LogP contribution is 2.00. The molecule has 0 aliphatic carbocycles. The quantitative estimate of drug-likeness (QED) is 0.257. The molecule has 0 saturated heterocycles. The molecule has 102 valence electrons. The Hall–Kier alpha value is -1.75. The standard InChI is InChI=1S/C16H22N2S/c1-5-9-14(16(19)18-12-13(3)4)10-7-8-11-15(17)6-2/h1,6,8-10,13H,11-12,17H2,2-4H3,(H,18,19)/b14-9+,15-6-. The van der Waals surface area contributed by atoms with Gasteiger partial charge in [0.25, 0.3) is 0 Å². The van der Waals surface area contributed by atoms with Crippen LogP contribution in [-0.2, 0) is 0 Å². The second kappa shape index (κ2) is 10.2. The van der Waals surface area contributed by atoms with E-state index in [4.69, 9.17) is 24.4 Å². The lowest BCUT2D eigenvalue weighted by Gasteiger charge is -2.09. The Labute approximate surface area is 122 Å². The van der Waals surface area contributed by atoms with Gasteiger partial charge in [0.1, 0.15) is 4.99 Å². The zero-order valence-electron chi connectivity index (χ0n) is 11.9. The number of nitrogens with two attached hydrogens (primary N) is 1. The average Bonchev–Trinajstić information content (AvgIpc) is 2.39. The first-order chi connectivity index (χ1) is 9.01. The Kier molecular flexibility index (Phi) is 9.26. The molecule has 3 N–H and O–H groups in total. The summed E-state index contributed by atoms with van der Waals surface area (Å²) in [6, 6.07) is 0. The summed E-state index contributed by atoms with van der Waals surface area (Å²) in [6.45, 7) is 6.97. The van der Waals surface area contributed by atoms with Gasteiger partial charge in [-0.15, -0.1) is 12.2 Å². The molecule has 2 nitrogen and oxygen atoms in total. The Balaban J connectivity index is 4.68. The lowest BCUT2D eigenvalue weighted by atomic mass is 10.2. The van der Waals surface area contributed by atoms with Gasteiger partial charge in [0.05, 0.1) is 0 Å². The molecule has 3 heteroatoms. The topological polar surface area (TPSA) is 38.0 Å². The highest BCUT2D eigenvalue weighted by atomic mass is 32.1. The van der Waals surface area contributed by atoms with Crippen LogP contribution in [0.3, 0.4) is 0 Å². The third-order valence-corrected chi connectivity index (χ3v) is 2.62. The van der Waals surface area contributed by atoms with Crippen LogP contribution in [0.1, 0.15) is 27.2 Å². The summed E-state index contributed by atoms with van der Waals surface area (Å²) in [6.07, 6.45) is 13.1. The second-order valence-corrected chi connectivity index (χ2v) is 4.86. The maximum absolute atomic E-state index is 5.68. The molecule has 0 aromatic carbocycles. The number of hydrogen-bond donors (Lipinski definition) is 2. The molecule has 0 aromatic rings. The molecular weight excluding hydrogens is 252 g/mol. The van der Waals surface area contributed by atoms with E-state index >= 15 is 0 Å². The van der Waals surface area contributed by atoms with Gasteiger partial charge in [0.2, 0.25) is 0 Å². The minimum atomic E-state index is 0.527. The van der Waals surface area contributed by atoms with Gasteiger partial charge in [-0.1, -0.05) is 38.1 Å². The fraction of sp³-hybridized carbons (Fsp3) is 0.375. The molecule has 0 aliphatic rings. The van der Waals surface area contributed by atoms with Gasteiger partial charge >= 0.3 is 0 Å². The van der Waals surface area contributed by atoms with Crippen molar-refractivity contribution in [3.63, 3.8) is 0 Å². The third kappa shape index (κ3) is 8.90. The number of rotatable bonds is 6. The minimum Gasteiger partial charge on any atom is -0.402 e. The van der Waals surface area contributed by atoms with E-state index < -0.39 is 0 Å². The Morgan fingerprint density at radius 1 is 1.47 bits per heavy atom. The van der Waals surface area contributed by atoms with Crippen molar-refractivity contribution in [2.75, 3.05) is 6.54 Å². The summed E-state index contributed by atoms with van der Waals surface area (Å²) in [7, 11) is 0. The van der Waals surface area contributed by atoms with Crippen LogP contribution in [0.2, 0.25) is 0 Å². The lowest BCUT2D eigenvalue weighted by Crippen LogP contribution is -2.26. The van der Waals surface area contributed by atoms with Crippen molar-refractivity contribution >= 4 is 17.2 Å². The Bertz CT molecular complexity index is 456. The highest BCUT2D eigenvalue weighted by molar-refractivity contribution is 7.80. The van der Waals surface area contributed by atoms with Crippen molar-refractivity contribution in [1.82, 2.24) is 5.32 Å². The van der Waals surface area contributed by atoms with E-state index in [0.29, 0.717) is 17.3 Å². The molecule has 0 spiro atoms. The third-order valence-electron chi connectivity index (χ3n) is 2.24.